The van der Waals surface area contributed by atoms with Gasteiger partial charge in [-0.15, -0.1) is 24.0 Å². The molecule has 0 spiro atoms. The zero-order valence-electron chi connectivity index (χ0n) is 17.7. The molecule has 8 heteroatoms. The van der Waals surface area contributed by atoms with Gasteiger partial charge in [0.25, 0.3) is 0 Å². The lowest BCUT2D eigenvalue weighted by molar-refractivity contribution is 0.223. The Morgan fingerprint density at radius 1 is 1.13 bits per heavy atom. The third-order valence-corrected chi connectivity index (χ3v) is 4.55. The zero-order valence-corrected chi connectivity index (χ0v) is 20.0. The number of benzene rings is 2. The van der Waals surface area contributed by atoms with Gasteiger partial charge < -0.3 is 24.7 Å². The minimum atomic E-state index is -0.0158. The van der Waals surface area contributed by atoms with Gasteiger partial charge in [0.1, 0.15) is 17.6 Å². The van der Waals surface area contributed by atoms with E-state index < -0.39 is 0 Å². The third-order valence-electron chi connectivity index (χ3n) is 4.55. The van der Waals surface area contributed by atoms with Crippen LogP contribution in [-0.4, -0.2) is 48.9 Å². The SMILES string of the molecule is CN=C(NCCCn1cnc2ccccc21)NCC(C)Oc1cccc(OC)c1.I. The number of guanidine groups is 1. The highest BCUT2D eigenvalue weighted by atomic mass is 127. The number of methoxy groups -OCH3 is 1. The summed E-state index contributed by atoms with van der Waals surface area (Å²) in [5, 5.41) is 6.65. The Morgan fingerprint density at radius 2 is 1.93 bits per heavy atom. The first-order valence-electron chi connectivity index (χ1n) is 9.84. The van der Waals surface area contributed by atoms with Crippen LogP contribution in [0.1, 0.15) is 13.3 Å². The molecular formula is C22H30IN5O2. The quantitative estimate of drug-likeness (QED) is 0.194. The summed E-state index contributed by atoms with van der Waals surface area (Å²) >= 11 is 0. The Labute approximate surface area is 194 Å². The zero-order chi connectivity index (χ0) is 20.5. The van der Waals surface area contributed by atoms with E-state index in [0.717, 1.165) is 42.5 Å². The predicted molar refractivity (Wildman–Crippen MR) is 132 cm³/mol. The first kappa shape index (κ1) is 23.8. The van der Waals surface area contributed by atoms with Crippen LogP contribution in [0.4, 0.5) is 0 Å². The van der Waals surface area contributed by atoms with Gasteiger partial charge in [0.15, 0.2) is 5.96 Å². The number of hydrogen-bond donors (Lipinski definition) is 2. The molecule has 0 aliphatic heterocycles. The Bertz CT molecular complexity index is 944. The van der Waals surface area contributed by atoms with E-state index in [1.807, 2.05) is 55.7 Å². The van der Waals surface area contributed by atoms with Crippen molar-refractivity contribution in [1.82, 2.24) is 20.2 Å². The van der Waals surface area contributed by atoms with Gasteiger partial charge >= 0.3 is 0 Å². The second kappa shape index (κ2) is 12.3. The van der Waals surface area contributed by atoms with E-state index in [1.54, 1.807) is 14.2 Å². The molecule has 3 rings (SSSR count). The second-order valence-electron chi connectivity index (χ2n) is 6.77. The van der Waals surface area contributed by atoms with Crippen molar-refractivity contribution in [2.75, 3.05) is 27.2 Å². The molecule has 0 saturated carbocycles. The largest absolute Gasteiger partial charge is 0.497 e. The van der Waals surface area contributed by atoms with Crippen molar-refractivity contribution in [3.63, 3.8) is 0 Å². The smallest absolute Gasteiger partial charge is 0.191 e. The summed E-state index contributed by atoms with van der Waals surface area (Å²) < 4.78 is 13.3. The average Bonchev–Trinajstić information content (AvgIpc) is 3.16. The lowest BCUT2D eigenvalue weighted by atomic mass is 10.3. The number of aromatic nitrogens is 2. The summed E-state index contributed by atoms with van der Waals surface area (Å²) in [7, 11) is 3.42. The number of imidazole rings is 1. The Balaban J connectivity index is 0.00000320. The van der Waals surface area contributed by atoms with E-state index >= 15 is 0 Å². The lowest BCUT2D eigenvalue weighted by Crippen LogP contribution is -2.42. The van der Waals surface area contributed by atoms with Crippen LogP contribution in [0.3, 0.4) is 0 Å². The molecule has 3 aromatic rings. The predicted octanol–water partition coefficient (Wildman–Crippen LogP) is 3.69. The van der Waals surface area contributed by atoms with E-state index in [1.165, 1.54) is 5.52 Å². The van der Waals surface area contributed by atoms with Gasteiger partial charge in [-0.1, -0.05) is 18.2 Å². The molecule has 2 aromatic carbocycles. The van der Waals surface area contributed by atoms with Gasteiger partial charge in [-0.25, -0.2) is 4.98 Å². The number of rotatable bonds is 9. The minimum absolute atomic E-state index is 0. The molecule has 0 radical (unpaired) electrons. The van der Waals surface area contributed by atoms with Crippen molar-refractivity contribution in [2.24, 2.45) is 4.99 Å². The van der Waals surface area contributed by atoms with Crippen LogP contribution in [0.15, 0.2) is 59.9 Å². The maximum Gasteiger partial charge on any atom is 0.191 e. The van der Waals surface area contributed by atoms with Crippen LogP contribution in [0.2, 0.25) is 0 Å². The second-order valence-corrected chi connectivity index (χ2v) is 6.77. The molecule has 0 aliphatic rings. The van der Waals surface area contributed by atoms with Crippen molar-refractivity contribution < 1.29 is 9.47 Å². The number of aliphatic imine (C=N–C) groups is 1. The average molecular weight is 523 g/mol. The molecule has 2 N–H and O–H groups in total. The van der Waals surface area contributed by atoms with Crippen LogP contribution in [0.25, 0.3) is 11.0 Å². The minimum Gasteiger partial charge on any atom is -0.497 e. The molecule has 0 fully saturated rings. The van der Waals surface area contributed by atoms with E-state index in [9.17, 15) is 0 Å². The van der Waals surface area contributed by atoms with Crippen LogP contribution >= 0.6 is 24.0 Å². The number of aryl methyl sites for hydroxylation is 1. The lowest BCUT2D eigenvalue weighted by Gasteiger charge is -2.18. The van der Waals surface area contributed by atoms with E-state index in [2.05, 4.69) is 31.2 Å². The summed E-state index contributed by atoms with van der Waals surface area (Å²) in [6.07, 6.45) is 2.85. The number of halogens is 1. The molecular weight excluding hydrogens is 493 g/mol. The highest BCUT2D eigenvalue weighted by Crippen LogP contribution is 2.19. The monoisotopic (exact) mass is 523 g/mol. The standard InChI is InChI=1S/C22H29N5O2.HI/c1-17(29-19-9-6-8-18(14-19)28-3)15-25-22(23-2)24-12-7-13-27-16-26-20-10-4-5-11-21(20)27;/h4-6,8-11,14,16-17H,7,12-13,15H2,1-3H3,(H2,23,24,25);1H. The third kappa shape index (κ3) is 6.79. The molecule has 1 heterocycles. The number of para-hydroxylation sites is 2. The summed E-state index contributed by atoms with van der Waals surface area (Å²) in [6.45, 7) is 4.38. The Hall–Kier alpha value is -2.49. The fraction of sp³-hybridized carbons (Fsp3) is 0.364. The molecule has 0 amide bonds. The molecule has 0 saturated heterocycles. The van der Waals surface area contributed by atoms with Gasteiger partial charge in [-0.2, -0.15) is 0 Å². The molecule has 162 valence electrons. The van der Waals surface area contributed by atoms with Crippen molar-refractivity contribution >= 4 is 41.0 Å². The van der Waals surface area contributed by atoms with Gasteiger partial charge in [-0.3, -0.25) is 4.99 Å². The highest BCUT2D eigenvalue weighted by Gasteiger charge is 2.07. The molecule has 1 aromatic heterocycles. The normalized spacial score (nSPS) is 12.2. The summed E-state index contributed by atoms with van der Waals surface area (Å²) in [6, 6.07) is 15.8. The maximum absolute atomic E-state index is 5.93. The van der Waals surface area contributed by atoms with Crippen LogP contribution in [0.5, 0.6) is 11.5 Å². The molecule has 1 atom stereocenters. The molecule has 30 heavy (non-hydrogen) atoms. The fourth-order valence-corrected chi connectivity index (χ4v) is 3.05. The summed E-state index contributed by atoms with van der Waals surface area (Å²) in [5.41, 5.74) is 2.20. The van der Waals surface area contributed by atoms with Crippen molar-refractivity contribution in [3.8, 4) is 11.5 Å². The summed E-state index contributed by atoms with van der Waals surface area (Å²) in [4.78, 5) is 8.71. The molecule has 7 nitrogen and oxygen atoms in total. The number of ether oxygens (including phenoxy) is 2. The van der Waals surface area contributed by atoms with Gasteiger partial charge in [0.05, 0.1) is 31.0 Å². The Morgan fingerprint density at radius 3 is 2.73 bits per heavy atom. The van der Waals surface area contributed by atoms with Crippen molar-refractivity contribution in [1.29, 1.82) is 0 Å². The van der Waals surface area contributed by atoms with Crippen LogP contribution < -0.4 is 20.1 Å². The Kier molecular flexibility index (Phi) is 9.72. The van der Waals surface area contributed by atoms with Gasteiger partial charge in [0, 0.05) is 26.2 Å². The maximum atomic E-state index is 5.93. The number of nitrogens with one attached hydrogen (secondary N) is 2. The first-order chi connectivity index (χ1) is 14.2. The van der Waals surface area contributed by atoms with Crippen LogP contribution in [-0.2, 0) is 6.54 Å². The van der Waals surface area contributed by atoms with Crippen molar-refractivity contribution in [2.45, 2.75) is 26.0 Å². The van der Waals surface area contributed by atoms with Gasteiger partial charge in [-0.05, 0) is 37.6 Å². The van der Waals surface area contributed by atoms with Crippen LogP contribution in [0, 0.1) is 0 Å². The van der Waals surface area contributed by atoms with Crippen molar-refractivity contribution in [3.05, 3.63) is 54.9 Å². The van der Waals surface area contributed by atoms with E-state index in [0.29, 0.717) is 6.54 Å². The summed E-state index contributed by atoms with van der Waals surface area (Å²) in [5.74, 6) is 2.33. The van der Waals surface area contributed by atoms with E-state index in [-0.39, 0.29) is 30.1 Å². The van der Waals surface area contributed by atoms with Gasteiger partial charge in [0.2, 0.25) is 0 Å². The molecule has 0 bridgehead atoms. The molecule has 1 unspecified atom stereocenters. The number of hydrogen-bond acceptors (Lipinski definition) is 4. The topological polar surface area (TPSA) is 72.7 Å². The fourth-order valence-electron chi connectivity index (χ4n) is 3.05. The number of fused-ring (bicyclic) bond motifs is 1. The molecule has 0 aliphatic carbocycles. The van der Waals surface area contributed by atoms with E-state index in [4.69, 9.17) is 9.47 Å². The number of nitrogens with zero attached hydrogens (tertiary/aromatic N) is 3. The first-order valence-corrected chi connectivity index (χ1v) is 9.84. The highest BCUT2D eigenvalue weighted by molar-refractivity contribution is 14.0.